The summed E-state index contributed by atoms with van der Waals surface area (Å²) >= 11 is 0. The Bertz CT molecular complexity index is 1490. The second-order valence-electron chi connectivity index (χ2n) is 23.6. The van der Waals surface area contributed by atoms with E-state index in [9.17, 15) is 30.3 Å². The lowest BCUT2D eigenvalue weighted by molar-refractivity contribution is -0.302. The van der Waals surface area contributed by atoms with Crippen LogP contribution in [0.5, 0.6) is 0 Å². The monoisotopic (exact) mass is 1120 g/mol. The molecule has 1 amide bonds. The van der Waals surface area contributed by atoms with Crippen molar-refractivity contribution < 1.29 is 39.8 Å². The van der Waals surface area contributed by atoms with E-state index in [0.717, 1.165) is 77.0 Å². The number of nitrogens with one attached hydrogen (secondary N) is 1. The molecule has 0 radical (unpaired) electrons. The zero-order valence-corrected chi connectivity index (χ0v) is 52.1. The van der Waals surface area contributed by atoms with Crippen LogP contribution in [0.1, 0.15) is 316 Å². The average Bonchev–Trinajstić information content (AvgIpc) is 3.46. The van der Waals surface area contributed by atoms with Gasteiger partial charge in [0.2, 0.25) is 5.91 Å². The van der Waals surface area contributed by atoms with Crippen LogP contribution in [0, 0.1) is 0 Å². The van der Waals surface area contributed by atoms with Gasteiger partial charge in [0.05, 0.1) is 25.4 Å². The number of aliphatic hydroxyl groups excluding tert-OH is 5. The number of aliphatic hydroxyl groups is 5. The molecule has 7 unspecified atom stereocenters. The Labute approximate surface area is 493 Å². The number of rotatable bonds is 59. The Hall–Kier alpha value is -2.37. The van der Waals surface area contributed by atoms with Crippen LogP contribution in [0.2, 0.25) is 0 Å². The van der Waals surface area contributed by atoms with E-state index in [0.29, 0.717) is 12.8 Å². The first-order chi connectivity index (χ1) is 39.3. The van der Waals surface area contributed by atoms with Crippen LogP contribution in [-0.4, -0.2) is 87.5 Å². The summed E-state index contributed by atoms with van der Waals surface area (Å²) < 4.78 is 11.4. The van der Waals surface area contributed by atoms with Gasteiger partial charge in [0.15, 0.2) is 6.29 Å². The zero-order chi connectivity index (χ0) is 57.9. The number of hydrogen-bond donors (Lipinski definition) is 6. The molecule has 6 N–H and O–H groups in total. The Morgan fingerprint density at radius 2 is 0.775 bits per heavy atom. The predicted octanol–water partition coefficient (Wildman–Crippen LogP) is 18.4. The summed E-state index contributed by atoms with van der Waals surface area (Å²) in [5.74, 6) is -0.143. The molecule has 0 aromatic rings. The first-order valence-electron chi connectivity index (χ1n) is 34.1. The molecule has 0 spiro atoms. The summed E-state index contributed by atoms with van der Waals surface area (Å²) in [5, 5.41) is 54.9. The van der Waals surface area contributed by atoms with Crippen molar-refractivity contribution in [3.63, 3.8) is 0 Å². The summed E-state index contributed by atoms with van der Waals surface area (Å²) in [6.45, 7) is 3.76. The van der Waals surface area contributed by atoms with Gasteiger partial charge in [-0.25, -0.2) is 0 Å². The molecule has 1 saturated heterocycles. The molecule has 1 aliphatic rings. The third-order valence-electron chi connectivity index (χ3n) is 16.1. The number of unbranched alkanes of at least 4 members (excludes halogenated alkanes) is 37. The number of amides is 1. The highest BCUT2D eigenvalue weighted by atomic mass is 16.7. The molecule has 466 valence electrons. The second-order valence-corrected chi connectivity index (χ2v) is 23.6. The summed E-state index contributed by atoms with van der Waals surface area (Å²) in [7, 11) is 0. The molecule has 0 saturated carbocycles. The van der Waals surface area contributed by atoms with Crippen molar-refractivity contribution >= 4 is 5.91 Å². The van der Waals surface area contributed by atoms with Crippen LogP contribution in [-0.2, 0) is 14.3 Å². The van der Waals surface area contributed by atoms with E-state index in [1.165, 1.54) is 212 Å². The van der Waals surface area contributed by atoms with E-state index >= 15 is 0 Å². The van der Waals surface area contributed by atoms with E-state index < -0.39 is 49.5 Å². The lowest BCUT2D eigenvalue weighted by Crippen LogP contribution is -2.60. The Morgan fingerprint density at radius 1 is 0.438 bits per heavy atom. The van der Waals surface area contributed by atoms with Gasteiger partial charge in [0, 0.05) is 6.42 Å². The topological polar surface area (TPSA) is 149 Å². The van der Waals surface area contributed by atoms with Gasteiger partial charge in [-0.3, -0.25) is 4.79 Å². The zero-order valence-electron chi connectivity index (χ0n) is 52.1. The van der Waals surface area contributed by atoms with Crippen LogP contribution < -0.4 is 5.32 Å². The third-order valence-corrected chi connectivity index (χ3v) is 16.1. The molecule has 80 heavy (non-hydrogen) atoms. The van der Waals surface area contributed by atoms with Gasteiger partial charge in [0.1, 0.15) is 24.4 Å². The minimum Gasteiger partial charge on any atom is -0.394 e. The Balaban J connectivity index is 2.13. The number of allylic oxidation sites excluding steroid dienone is 12. The van der Waals surface area contributed by atoms with Crippen molar-refractivity contribution in [3.8, 4) is 0 Å². The fraction of sp³-hybridized carbons (Fsp3) is 0.817. The molecule has 1 fully saturated rings. The van der Waals surface area contributed by atoms with Crippen molar-refractivity contribution in [2.24, 2.45) is 0 Å². The van der Waals surface area contributed by atoms with Crippen molar-refractivity contribution in [2.75, 3.05) is 13.2 Å². The largest absolute Gasteiger partial charge is 0.394 e. The van der Waals surface area contributed by atoms with Gasteiger partial charge in [-0.2, -0.15) is 0 Å². The molecule has 9 nitrogen and oxygen atoms in total. The van der Waals surface area contributed by atoms with Crippen LogP contribution >= 0.6 is 0 Å². The standard InChI is InChI=1S/C71H129NO8/c1-3-5-7-9-11-13-15-17-19-21-23-25-27-29-30-31-32-33-34-35-36-37-39-41-43-45-47-49-51-53-55-57-59-61-67(75)72-64(63-79-71-70(78)69(77)68(76)66(62-73)80-71)65(74)60-58-56-54-52-50-48-46-44-42-40-38-28-26-24-22-20-18-16-14-12-10-8-6-4-2/h5,7,11,13,17,19,23,25,29-30,32-33,64-66,68-71,73-74,76-78H,3-4,6,8-10,12,14-16,18,20-22,24,26-28,31,34-63H2,1-2H3,(H,72,75)/b7-5-,13-11-,19-17-,25-23-,30-29-,33-32-. The number of hydrogen-bond acceptors (Lipinski definition) is 8. The normalized spacial score (nSPS) is 18.9. The van der Waals surface area contributed by atoms with E-state index in [2.05, 4.69) is 92.1 Å². The van der Waals surface area contributed by atoms with Crippen molar-refractivity contribution in [1.29, 1.82) is 0 Å². The van der Waals surface area contributed by atoms with Gasteiger partial charge in [-0.05, 0) is 64.2 Å². The smallest absolute Gasteiger partial charge is 0.220 e. The first-order valence-corrected chi connectivity index (χ1v) is 34.1. The maximum Gasteiger partial charge on any atom is 0.220 e. The van der Waals surface area contributed by atoms with E-state index in [1.807, 2.05) is 0 Å². The Morgan fingerprint density at radius 3 is 1.15 bits per heavy atom. The van der Waals surface area contributed by atoms with Gasteiger partial charge in [0.25, 0.3) is 0 Å². The Kier molecular flexibility index (Phi) is 56.5. The van der Waals surface area contributed by atoms with Crippen molar-refractivity contribution in [1.82, 2.24) is 5.32 Å². The molecule has 0 aromatic heterocycles. The molecule has 1 heterocycles. The second kappa shape index (κ2) is 59.8. The van der Waals surface area contributed by atoms with Gasteiger partial charge >= 0.3 is 0 Å². The number of carbonyl (C=O) groups is 1. The van der Waals surface area contributed by atoms with Crippen LogP contribution in [0.25, 0.3) is 0 Å². The van der Waals surface area contributed by atoms with E-state index in [4.69, 9.17) is 9.47 Å². The molecule has 1 rings (SSSR count). The molecule has 9 heteroatoms. The predicted molar refractivity (Wildman–Crippen MR) is 341 cm³/mol. The maximum absolute atomic E-state index is 13.1. The summed E-state index contributed by atoms with van der Waals surface area (Å²) in [6, 6.07) is -0.724. The fourth-order valence-electron chi connectivity index (χ4n) is 10.8. The molecule has 0 aliphatic carbocycles. The van der Waals surface area contributed by atoms with Crippen LogP contribution in [0.15, 0.2) is 72.9 Å². The van der Waals surface area contributed by atoms with Gasteiger partial charge in [-0.1, -0.05) is 318 Å². The minimum absolute atomic E-state index is 0.138. The van der Waals surface area contributed by atoms with E-state index in [1.54, 1.807) is 0 Å². The van der Waals surface area contributed by atoms with Crippen LogP contribution in [0.4, 0.5) is 0 Å². The lowest BCUT2D eigenvalue weighted by atomic mass is 9.99. The fourth-order valence-corrected chi connectivity index (χ4v) is 10.8. The van der Waals surface area contributed by atoms with Crippen molar-refractivity contribution in [3.05, 3.63) is 72.9 Å². The molecule has 0 bridgehead atoms. The lowest BCUT2D eigenvalue weighted by Gasteiger charge is -2.40. The molecule has 0 aromatic carbocycles. The highest BCUT2D eigenvalue weighted by molar-refractivity contribution is 5.76. The highest BCUT2D eigenvalue weighted by Crippen LogP contribution is 2.24. The number of carbonyl (C=O) groups excluding carboxylic acids is 1. The van der Waals surface area contributed by atoms with Gasteiger partial charge < -0.3 is 40.3 Å². The quantitative estimate of drug-likeness (QED) is 0.0261. The summed E-state index contributed by atoms with van der Waals surface area (Å²) in [6.07, 6.45) is 76.7. The summed E-state index contributed by atoms with van der Waals surface area (Å²) in [4.78, 5) is 13.1. The average molecular weight is 1120 g/mol. The van der Waals surface area contributed by atoms with Crippen LogP contribution in [0.3, 0.4) is 0 Å². The summed E-state index contributed by atoms with van der Waals surface area (Å²) in [5.41, 5.74) is 0. The first kappa shape index (κ1) is 75.6. The molecule has 1 aliphatic heterocycles. The maximum atomic E-state index is 13.1. The minimum atomic E-state index is -1.56. The SMILES string of the molecule is CC/C=C\C/C=C\C/C=C\C/C=C\C/C=C\C/C=C\CCCCCCCCCCCCCCCCC(=O)NC(COC1OC(CO)C(O)C(O)C1O)C(O)CCCCCCCCCCCCCCCCCCCCCCCCCC. The third kappa shape index (κ3) is 48.0. The van der Waals surface area contributed by atoms with Gasteiger partial charge in [-0.15, -0.1) is 0 Å². The molecular weight excluding hydrogens is 995 g/mol. The van der Waals surface area contributed by atoms with Crippen molar-refractivity contribution in [2.45, 2.75) is 358 Å². The highest BCUT2D eigenvalue weighted by Gasteiger charge is 2.44. The van der Waals surface area contributed by atoms with E-state index in [-0.39, 0.29) is 12.5 Å². The molecule has 7 atom stereocenters. The molecular formula is C71H129NO8. The number of ether oxygens (including phenoxy) is 2.